The maximum absolute atomic E-state index is 12.3. The average Bonchev–Trinajstić information content (AvgIpc) is 2.32. The van der Waals surface area contributed by atoms with Crippen LogP contribution >= 0.6 is 0 Å². The van der Waals surface area contributed by atoms with Gasteiger partial charge >= 0.3 is 5.97 Å². The normalized spacial score (nSPS) is 26.0. The Morgan fingerprint density at radius 1 is 1.29 bits per heavy atom. The van der Waals surface area contributed by atoms with Crippen molar-refractivity contribution in [1.29, 1.82) is 0 Å². The topological polar surface area (TPSA) is 86.7 Å². The Morgan fingerprint density at radius 2 is 1.81 bits per heavy atom. The molecule has 0 saturated carbocycles. The van der Waals surface area contributed by atoms with Gasteiger partial charge in [0.15, 0.2) is 0 Å². The van der Waals surface area contributed by atoms with E-state index in [4.69, 9.17) is 5.11 Å². The molecule has 6 nitrogen and oxygen atoms in total. The zero-order chi connectivity index (χ0) is 16.2. The number of rotatable bonds is 7. The average molecular weight is 320 g/mol. The van der Waals surface area contributed by atoms with Crippen LogP contribution in [0.15, 0.2) is 0 Å². The van der Waals surface area contributed by atoms with Gasteiger partial charge in [-0.25, -0.2) is 4.72 Å². The number of hydrogen-bond donors (Lipinski definition) is 2. The minimum Gasteiger partial charge on any atom is -0.481 e. The highest BCUT2D eigenvalue weighted by Crippen LogP contribution is 2.22. The molecule has 1 rings (SSSR count). The number of nitrogens with one attached hydrogen (secondary N) is 1. The van der Waals surface area contributed by atoms with Gasteiger partial charge in [-0.2, -0.15) is 12.7 Å². The Labute approximate surface area is 128 Å². The highest BCUT2D eigenvalue weighted by Gasteiger charge is 2.31. The van der Waals surface area contributed by atoms with E-state index in [2.05, 4.69) is 4.72 Å². The number of aliphatic carboxylic acids is 1. The molecule has 0 spiro atoms. The lowest BCUT2D eigenvalue weighted by molar-refractivity contribution is -0.142. The molecule has 21 heavy (non-hydrogen) atoms. The second-order valence-corrected chi connectivity index (χ2v) is 8.54. The van der Waals surface area contributed by atoms with Crippen LogP contribution in [0, 0.1) is 23.7 Å². The predicted octanol–water partition coefficient (Wildman–Crippen LogP) is 1.55. The summed E-state index contributed by atoms with van der Waals surface area (Å²) >= 11 is 0. The SMILES string of the molecule is CC(C)CC(CNS(=O)(=O)N1CC(C)CC(C)C1)C(=O)O. The lowest BCUT2D eigenvalue weighted by atomic mass is 9.94. The Kier molecular flexibility index (Phi) is 6.62. The van der Waals surface area contributed by atoms with Crippen molar-refractivity contribution in [2.75, 3.05) is 19.6 Å². The van der Waals surface area contributed by atoms with Gasteiger partial charge in [-0.15, -0.1) is 0 Å². The molecular weight excluding hydrogens is 292 g/mol. The molecule has 1 aliphatic heterocycles. The maximum Gasteiger partial charge on any atom is 0.307 e. The molecule has 1 aliphatic rings. The van der Waals surface area contributed by atoms with Crippen LogP contribution in [0.1, 0.15) is 40.5 Å². The summed E-state index contributed by atoms with van der Waals surface area (Å²) in [6.45, 7) is 8.89. The van der Waals surface area contributed by atoms with E-state index in [-0.39, 0.29) is 12.5 Å². The first-order chi connectivity index (χ1) is 9.61. The maximum atomic E-state index is 12.3. The van der Waals surface area contributed by atoms with E-state index < -0.39 is 22.1 Å². The van der Waals surface area contributed by atoms with Gasteiger partial charge in [-0.3, -0.25) is 4.79 Å². The van der Waals surface area contributed by atoms with Crippen molar-refractivity contribution < 1.29 is 18.3 Å². The molecule has 0 aromatic rings. The van der Waals surface area contributed by atoms with Crippen molar-refractivity contribution in [2.24, 2.45) is 23.7 Å². The molecule has 1 saturated heterocycles. The lowest BCUT2D eigenvalue weighted by Crippen LogP contribution is -2.49. The van der Waals surface area contributed by atoms with Gasteiger partial charge in [0.2, 0.25) is 0 Å². The van der Waals surface area contributed by atoms with Crippen LogP contribution in [0.3, 0.4) is 0 Å². The highest BCUT2D eigenvalue weighted by atomic mass is 32.2. The molecule has 0 bridgehead atoms. The van der Waals surface area contributed by atoms with Crippen LogP contribution in [-0.2, 0) is 15.0 Å². The van der Waals surface area contributed by atoms with E-state index >= 15 is 0 Å². The fourth-order valence-electron chi connectivity index (χ4n) is 2.94. The summed E-state index contributed by atoms with van der Waals surface area (Å²) in [4.78, 5) is 11.2. The van der Waals surface area contributed by atoms with Gasteiger partial charge in [0.05, 0.1) is 5.92 Å². The van der Waals surface area contributed by atoms with E-state index in [1.807, 2.05) is 27.7 Å². The van der Waals surface area contributed by atoms with Crippen molar-refractivity contribution in [1.82, 2.24) is 9.03 Å². The summed E-state index contributed by atoms with van der Waals surface area (Å²) in [6.07, 6.45) is 1.49. The van der Waals surface area contributed by atoms with Crippen molar-refractivity contribution in [3.63, 3.8) is 0 Å². The van der Waals surface area contributed by atoms with Crippen LogP contribution in [0.25, 0.3) is 0 Å². The van der Waals surface area contributed by atoms with Gasteiger partial charge in [0.25, 0.3) is 10.2 Å². The molecule has 0 aromatic carbocycles. The number of carboxylic acid groups (broad SMARTS) is 1. The Hall–Kier alpha value is -0.660. The van der Waals surface area contributed by atoms with Crippen LogP contribution in [-0.4, -0.2) is 43.4 Å². The van der Waals surface area contributed by atoms with Crippen LogP contribution < -0.4 is 4.72 Å². The highest BCUT2D eigenvalue weighted by molar-refractivity contribution is 7.87. The Morgan fingerprint density at radius 3 is 2.24 bits per heavy atom. The largest absolute Gasteiger partial charge is 0.481 e. The smallest absolute Gasteiger partial charge is 0.307 e. The molecule has 0 aliphatic carbocycles. The molecule has 7 heteroatoms. The van der Waals surface area contributed by atoms with Crippen LogP contribution in [0.5, 0.6) is 0 Å². The molecule has 3 unspecified atom stereocenters. The first-order valence-corrected chi connectivity index (χ1v) is 9.03. The van der Waals surface area contributed by atoms with Crippen molar-refractivity contribution in [3.05, 3.63) is 0 Å². The monoisotopic (exact) mass is 320 g/mol. The van der Waals surface area contributed by atoms with Gasteiger partial charge in [0, 0.05) is 19.6 Å². The quantitative estimate of drug-likeness (QED) is 0.745. The summed E-state index contributed by atoms with van der Waals surface area (Å²) in [6, 6.07) is 0. The third-order valence-electron chi connectivity index (χ3n) is 3.79. The predicted molar refractivity (Wildman–Crippen MR) is 82.0 cm³/mol. The van der Waals surface area contributed by atoms with Crippen LogP contribution in [0.2, 0.25) is 0 Å². The molecule has 124 valence electrons. The fourth-order valence-corrected chi connectivity index (χ4v) is 4.44. The first kappa shape index (κ1) is 18.4. The van der Waals surface area contributed by atoms with Gasteiger partial charge in [-0.1, -0.05) is 27.7 Å². The van der Waals surface area contributed by atoms with Crippen molar-refractivity contribution in [3.8, 4) is 0 Å². The van der Waals surface area contributed by atoms with Gasteiger partial charge in [0.1, 0.15) is 0 Å². The van der Waals surface area contributed by atoms with E-state index in [0.717, 1.165) is 6.42 Å². The Bertz CT molecular complexity index is 440. The summed E-state index contributed by atoms with van der Waals surface area (Å²) in [7, 11) is -3.59. The molecule has 1 fully saturated rings. The number of piperidine rings is 1. The summed E-state index contributed by atoms with van der Waals surface area (Å²) < 4.78 is 28.5. The minimum absolute atomic E-state index is 0.0465. The zero-order valence-electron chi connectivity index (χ0n) is 13.4. The van der Waals surface area contributed by atoms with Crippen molar-refractivity contribution >= 4 is 16.2 Å². The standard InChI is InChI=1S/C14H28N2O4S/c1-10(2)5-13(14(17)18)7-15-21(19,20)16-8-11(3)6-12(4)9-16/h10-13,15H,5-9H2,1-4H3,(H,17,18). The minimum atomic E-state index is -3.59. The van der Waals surface area contributed by atoms with E-state index in [1.165, 1.54) is 4.31 Å². The molecular formula is C14H28N2O4S. The van der Waals surface area contributed by atoms with E-state index in [9.17, 15) is 13.2 Å². The van der Waals surface area contributed by atoms with Gasteiger partial charge < -0.3 is 5.11 Å². The summed E-state index contributed by atoms with van der Waals surface area (Å²) in [5.41, 5.74) is 0. The van der Waals surface area contributed by atoms with Crippen LogP contribution in [0.4, 0.5) is 0 Å². The number of carbonyl (C=O) groups is 1. The molecule has 0 radical (unpaired) electrons. The lowest BCUT2D eigenvalue weighted by Gasteiger charge is -2.34. The number of carboxylic acids is 1. The molecule has 0 aromatic heterocycles. The van der Waals surface area contributed by atoms with E-state index in [0.29, 0.717) is 31.3 Å². The third-order valence-corrected chi connectivity index (χ3v) is 5.30. The number of hydrogen-bond acceptors (Lipinski definition) is 3. The molecule has 3 atom stereocenters. The summed E-state index contributed by atoms with van der Waals surface area (Å²) in [5, 5.41) is 9.17. The Balaban J connectivity index is 2.64. The van der Waals surface area contributed by atoms with Gasteiger partial charge in [-0.05, 0) is 30.6 Å². The second-order valence-electron chi connectivity index (χ2n) is 6.78. The molecule has 1 heterocycles. The fraction of sp³-hybridized carbons (Fsp3) is 0.929. The van der Waals surface area contributed by atoms with Crippen molar-refractivity contribution in [2.45, 2.75) is 40.5 Å². The zero-order valence-corrected chi connectivity index (χ0v) is 14.2. The second kappa shape index (κ2) is 7.56. The summed E-state index contributed by atoms with van der Waals surface area (Å²) in [5.74, 6) is -0.760. The molecule has 2 N–H and O–H groups in total. The molecule has 0 amide bonds. The number of nitrogens with zero attached hydrogens (tertiary/aromatic N) is 1. The first-order valence-electron chi connectivity index (χ1n) is 7.59. The third kappa shape index (κ3) is 5.92. The van der Waals surface area contributed by atoms with E-state index in [1.54, 1.807) is 0 Å².